The Morgan fingerprint density at radius 1 is 1.08 bits per heavy atom. The Morgan fingerprint density at radius 3 is 2.68 bits per heavy atom. The van der Waals surface area contributed by atoms with Crippen molar-refractivity contribution in [1.29, 1.82) is 0 Å². The zero-order valence-electron chi connectivity index (χ0n) is 20.5. The first-order valence-corrected chi connectivity index (χ1v) is 13.3. The number of carbonyl (C=O) groups is 1. The Morgan fingerprint density at radius 2 is 1.89 bits per heavy atom. The van der Waals surface area contributed by atoms with Crippen molar-refractivity contribution in [3.8, 4) is 11.3 Å². The molecule has 3 aromatic rings. The fraction of sp³-hybridized carbons (Fsp3) is 0.241. The van der Waals surface area contributed by atoms with Gasteiger partial charge in [-0.05, 0) is 48.4 Å². The van der Waals surface area contributed by atoms with Gasteiger partial charge in [0.25, 0.3) is 5.91 Å². The number of anilines is 2. The molecule has 6 rings (SSSR count). The molecule has 2 aliphatic heterocycles. The van der Waals surface area contributed by atoms with Crippen LogP contribution in [0.15, 0.2) is 77.5 Å². The van der Waals surface area contributed by atoms with Crippen LogP contribution in [0.1, 0.15) is 27.9 Å². The van der Waals surface area contributed by atoms with Gasteiger partial charge in [-0.25, -0.2) is 9.97 Å². The van der Waals surface area contributed by atoms with Crippen LogP contribution in [0.3, 0.4) is 0 Å². The first-order chi connectivity index (χ1) is 18.6. The highest BCUT2D eigenvalue weighted by atomic mass is 35.5. The summed E-state index contributed by atoms with van der Waals surface area (Å²) in [6.45, 7) is 2.80. The smallest absolute Gasteiger partial charge is 0.254 e. The molecular weight excluding hydrogens is 521 g/mol. The van der Waals surface area contributed by atoms with Crippen LogP contribution in [-0.4, -0.2) is 58.2 Å². The molecule has 1 unspecified atom stereocenters. The van der Waals surface area contributed by atoms with Crippen molar-refractivity contribution in [2.24, 2.45) is 4.99 Å². The zero-order valence-corrected chi connectivity index (χ0v) is 22.0. The molecule has 0 saturated carbocycles. The Hall–Kier alpha value is -3.52. The van der Waals surface area contributed by atoms with Gasteiger partial charge in [-0.1, -0.05) is 35.9 Å². The van der Waals surface area contributed by atoms with E-state index in [9.17, 15) is 4.79 Å². The van der Waals surface area contributed by atoms with Crippen molar-refractivity contribution in [1.82, 2.24) is 14.9 Å². The summed E-state index contributed by atoms with van der Waals surface area (Å²) in [5.74, 6) is 0.463. The summed E-state index contributed by atoms with van der Waals surface area (Å²) in [5.41, 5.74) is 6.78. The number of amides is 1. The molecule has 9 heteroatoms. The predicted molar refractivity (Wildman–Crippen MR) is 151 cm³/mol. The third-order valence-corrected chi connectivity index (χ3v) is 7.46. The van der Waals surface area contributed by atoms with Crippen LogP contribution in [0, 0.1) is 0 Å². The van der Waals surface area contributed by atoms with Gasteiger partial charge in [0.05, 0.1) is 36.5 Å². The number of hydrogen-bond donors (Lipinski definition) is 1. The van der Waals surface area contributed by atoms with Gasteiger partial charge in [0, 0.05) is 52.3 Å². The van der Waals surface area contributed by atoms with Gasteiger partial charge in [-0.2, -0.15) is 0 Å². The van der Waals surface area contributed by atoms with Crippen LogP contribution in [0.25, 0.3) is 11.3 Å². The quantitative estimate of drug-likeness (QED) is 0.418. The van der Waals surface area contributed by atoms with Crippen molar-refractivity contribution < 1.29 is 9.53 Å². The van der Waals surface area contributed by atoms with E-state index in [1.165, 1.54) is 0 Å². The Balaban J connectivity index is 1.28. The largest absolute Gasteiger partial charge is 0.378 e. The van der Waals surface area contributed by atoms with Gasteiger partial charge in [0.2, 0.25) is 5.95 Å². The fourth-order valence-corrected chi connectivity index (χ4v) is 5.28. The Labute approximate surface area is 230 Å². The van der Waals surface area contributed by atoms with Gasteiger partial charge in [0.15, 0.2) is 0 Å². The molecule has 1 aliphatic carbocycles. The number of rotatable bonds is 4. The topological polar surface area (TPSA) is 79.7 Å². The molecule has 0 bridgehead atoms. The SMILES string of the molecule is O=C(c1ccc(Nc2ncc3c(n2)-c2ccc(Cl)cc2C(C2=CC=CCC2Cl)=NC3)cc1)N1CCOCC1. The third kappa shape index (κ3) is 4.97. The second kappa shape index (κ2) is 10.7. The van der Waals surface area contributed by atoms with E-state index in [1.54, 1.807) is 6.20 Å². The molecule has 1 N–H and O–H groups in total. The molecule has 0 spiro atoms. The lowest BCUT2D eigenvalue weighted by molar-refractivity contribution is 0.0303. The van der Waals surface area contributed by atoms with Crippen molar-refractivity contribution in [2.45, 2.75) is 18.3 Å². The summed E-state index contributed by atoms with van der Waals surface area (Å²) in [6.07, 6.45) is 8.65. The van der Waals surface area contributed by atoms with Crippen LogP contribution in [0.4, 0.5) is 11.6 Å². The monoisotopic (exact) mass is 545 g/mol. The third-order valence-electron chi connectivity index (χ3n) is 6.82. The lowest BCUT2D eigenvalue weighted by Crippen LogP contribution is -2.40. The van der Waals surface area contributed by atoms with Gasteiger partial charge < -0.3 is 15.0 Å². The standard InChI is InChI=1S/C29H25Cl2N5O2/c30-20-7-10-22-24(15-20)27(23-3-1-2-4-25(23)31)32-16-19-17-33-29(35-26(19)22)34-21-8-5-18(6-9-21)28(37)36-11-13-38-14-12-36/h1-3,5-10,15,17,25H,4,11-14,16H2,(H,33,34,35). The van der Waals surface area contributed by atoms with Crippen molar-refractivity contribution in [3.63, 3.8) is 0 Å². The maximum absolute atomic E-state index is 12.8. The second-order valence-electron chi connectivity index (χ2n) is 9.28. The molecule has 1 atom stereocenters. The van der Waals surface area contributed by atoms with E-state index in [0.717, 1.165) is 45.8 Å². The molecule has 0 radical (unpaired) electrons. The van der Waals surface area contributed by atoms with E-state index in [0.29, 0.717) is 49.4 Å². The molecule has 1 saturated heterocycles. The number of aliphatic imine (C=N–C) groups is 1. The average Bonchev–Trinajstić information content (AvgIpc) is 3.10. The predicted octanol–water partition coefficient (Wildman–Crippen LogP) is 5.81. The molecule has 1 amide bonds. The summed E-state index contributed by atoms with van der Waals surface area (Å²) in [4.78, 5) is 28.9. The van der Waals surface area contributed by atoms with Crippen molar-refractivity contribution in [2.75, 3.05) is 31.6 Å². The summed E-state index contributed by atoms with van der Waals surface area (Å²) >= 11 is 13.1. The number of halogens is 2. The number of alkyl halides is 1. The van der Waals surface area contributed by atoms with Crippen LogP contribution in [-0.2, 0) is 11.3 Å². The maximum Gasteiger partial charge on any atom is 0.254 e. The van der Waals surface area contributed by atoms with Gasteiger partial charge in [-0.3, -0.25) is 9.79 Å². The number of nitrogens with one attached hydrogen (secondary N) is 1. The molecule has 3 heterocycles. The van der Waals surface area contributed by atoms with E-state index in [2.05, 4.69) is 16.4 Å². The van der Waals surface area contributed by atoms with E-state index in [1.807, 2.05) is 59.5 Å². The number of aromatic nitrogens is 2. The molecule has 38 heavy (non-hydrogen) atoms. The molecule has 3 aliphatic rings. The van der Waals surface area contributed by atoms with E-state index >= 15 is 0 Å². The Kier molecular flexibility index (Phi) is 6.98. The van der Waals surface area contributed by atoms with Gasteiger partial charge in [0.1, 0.15) is 0 Å². The highest BCUT2D eigenvalue weighted by molar-refractivity contribution is 6.33. The van der Waals surface area contributed by atoms with E-state index in [-0.39, 0.29) is 11.3 Å². The number of morpholine rings is 1. The molecule has 1 fully saturated rings. The van der Waals surface area contributed by atoms with Gasteiger partial charge >= 0.3 is 0 Å². The second-order valence-corrected chi connectivity index (χ2v) is 10.2. The van der Waals surface area contributed by atoms with Crippen molar-refractivity contribution >= 4 is 46.5 Å². The molecular formula is C29H25Cl2N5O2. The first kappa shape index (κ1) is 24.8. The summed E-state index contributed by atoms with van der Waals surface area (Å²) in [5, 5.41) is 3.73. The molecule has 1 aromatic heterocycles. The highest BCUT2D eigenvalue weighted by Crippen LogP contribution is 2.35. The van der Waals surface area contributed by atoms with E-state index in [4.69, 9.17) is 37.9 Å². The minimum Gasteiger partial charge on any atom is -0.378 e. The minimum absolute atomic E-state index is 0.00922. The van der Waals surface area contributed by atoms with Crippen LogP contribution in [0.2, 0.25) is 5.02 Å². The van der Waals surface area contributed by atoms with Gasteiger partial charge in [-0.15, -0.1) is 11.6 Å². The Bertz CT molecular complexity index is 1480. The maximum atomic E-state index is 12.8. The number of allylic oxidation sites excluding steroid dienone is 4. The number of nitrogens with zero attached hydrogens (tertiary/aromatic N) is 4. The minimum atomic E-state index is -0.159. The lowest BCUT2D eigenvalue weighted by Gasteiger charge is -2.26. The normalized spacial score (nSPS) is 18.6. The molecule has 192 valence electrons. The summed E-state index contributed by atoms with van der Waals surface area (Å²) in [7, 11) is 0. The molecule has 7 nitrogen and oxygen atoms in total. The van der Waals surface area contributed by atoms with Crippen LogP contribution in [0.5, 0.6) is 0 Å². The zero-order chi connectivity index (χ0) is 26.1. The number of ether oxygens (including phenoxy) is 1. The number of fused-ring (bicyclic) bond motifs is 3. The fourth-order valence-electron chi connectivity index (χ4n) is 4.83. The molecule has 2 aromatic carbocycles. The van der Waals surface area contributed by atoms with Crippen LogP contribution >= 0.6 is 23.2 Å². The number of hydrogen-bond acceptors (Lipinski definition) is 6. The summed E-state index contributed by atoms with van der Waals surface area (Å²) in [6, 6.07) is 13.1. The van der Waals surface area contributed by atoms with Crippen molar-refractivity contribution in [3.05, 3.63) is 94.2 Å². The average molecular weight is 546 g/mol. The summed E-state index contributed by atoms with van der Waals surface area (Å²) < 4.78 is 5.34. The lowest BCUT2D eigenvalue weighted by atomic mass is 9.91. The number of benzene rings is 2. The van der Waals surface area contributed by atoms with Crippen LogP contribution < -0.4 is 5.32 Å². The first-order valence-electron chi connectivity index (χ1n) is 12.5. The highest BCUT2D eigenvalue weighted by Gasteiger charge is 2.26. The number of carbonyl (C=O) groups excluding carboxylic acids is 1. The van der Waals surface area contributed by atoms with E-state index < -0.39 is 0 Å².